The van der Waals surface area contributed by atoms with Crippen LogP contribution in [0.15, 0.2) is 53.9 Å². The van der Waals surface area contributed by atoms with Gasteiger partial charge in [-0.3, -0.25) is 10.1 Å². The minimum absolute atomic E-state index is 0.269. The number of anilines is 1. The highest BCUT2D eigenvalue weighted by Crippen LogP contribution is 2.30. The topological polar surface area (TPSA) is 42.0 Å². The van der Waals surface area contributed by atoms with Crippen LogP contribution in [0.1, 0.15) is 5.56 Å². The van der Waals surface area contributed by atoms with Gasteiger partial charge >= 0.3 is 0 Å². The van der Waals surface area contributed by atoms with Gasteiger partial charge in [-0.25, -0.2) is 4.98 Å². The Balaban J connectivity index is 1.68. The maximum Gasteiger partial charge on any atom is 0.250 e. The van der Waals surface area contributed by atoms with E-state index in [1.54, 1.807) is 30.3 Å². The fraction of sp³-hybridized carbons (Fsp3) is 0. The minimum Gasteiger partial charge on any atom is -0.298 e. The molecule has 0 aliphatic rings. The first-order valence-electron chi connectivity index (χ1n) is 7.17. The van der Waals surface area contributed by atoms with Crippen molar-refractivity contribution >= 4 is 63.3 Å². The summed E-state index contributed by atoms with van der Waals surface area (Å²) in [7, 11) is 0. The average molecular weight is 410 g/mol. The van der Waals surface area contributed by atoms with Crippen molar-refractivity contribution in [1.82, 2.24) is 4.98 Å². The predicted molar refractivity (Wildman–Crippen MR) is 107 cm³/mol. The van der Waals surface area contributed by atoms with Crippen LogP contribution in [0, 0.1) is 0 Å². The van der Waals surface area contributed by atoms with E-state index < -0.39 is 0 Å². The lowest BCUT2D eigenvalue weighted by Gasteiger charge is -2.00. The summed E-state index contributed by atoms with van der Waals surface area (Å²) in [5.41, 5.74) is 2.40. The molecule has 0 aliphatic heterocycles. The van der Waals surface area contributed by atoms with Crippen molar-refractivity contribution in [3.63, 3.8) is 0 Å². The lowest BCUT2D eigenvalue weighted by atomic mass is 10.2. The number of nitrogens with zero attached hydrogens (tertiary/aromatic N) is 1. The summed E-state index contributed by atoms with van der Waals surface area (Å²) in [6.07, 6.45) is 3.13. The normalized spacial score (nSPS) is 11.0. The molecule has 0 atom stereocenters. The first kappa shape index (κ1) is 18.0. The summed E-state index contributed by atoms with van der Waals surface area (Å²) >= 11 is 19.2. The molecular formula is C18H11Cl3N2OS. The zero-order valence-electron chi connectivity index (χ0n) is 12.7. The van der Waals surface area contributed by atoms with E-state index in [0.717, 1.165) is 16.8 Å². The van der Waals surface area contributed by atoms with Crippen molar-refractivity contribution in [2.45, 2.75) is 0 Å². The van der Waals surface area contributed by atoms with Gasteiger partial charge in [-0.05, 0) is 35.9 Å². The second-order valence-electron chi connectivity index (χ2n) is 5.04. The Morgan fingerprint density at radius 3 is 2.68 bits per heavy atom. The Morgan fingerprint density at radius 2 is 1.92 bits per heavy atom. The smallest absolute Gasteiger partial charge is 0.250 e. The maximum atomic E-state index is 12.0. The molecule has 1 N–H and O–H groups in total. The third kappa shape index (κ3) is 4.83. The van der Waals surface area contributed by atoms with Crippen LogP contribution in [0.4, 0.5) is 5.13 Å². The summed E-state index contributed by atoms with van der Waals surface area (Å²) in [5.74, 6) is -0.269. The van der Waals surface area contributed by atoms with Crippen LogP contribution in [0.3, 0.4) is 0 Å². The molecule has 0 saturated carbocycles. The molecule has 3 rings (SSSR count). The first-order valence-corrected chi connectivity index (χ1v) is 9.18. The van der Waals surface area contributed by atoms with Crippen molar-refractivity contribution in [1.29, 1.82) is 0 Å². The molecule has 25 heavy (non-hydrogen) atoms. The monoisotopic (exact) mass is 408 g/mol. The molecule has 0 bridgehead atoms. The second-order valence-corrected chi connectivity index (χ2v) is 7.15. The van der Waals surface area contributed by atoms with E-state index >= 15 is 0 Å². The molecule has 0 spiro atoms. The number of thiazole rings is 1. The Morgan fingerprint density at radius 1 is 1.08 bits per heavy atom. The molecule has 1 aromatic heterocycles. The van der Waals surface area contributed by atoms with Crippen LogP contribution in [-0.2, 0) is 4.79 Å². The molecule has 1 heterocycles. The van der Waals surface area contributed by atoms with Crippen LogP contribution in [-0.4, -0.2) is 10.9 Å². The molecule has 7 heteroatoms. The lowest BCUT2D eigenvalue weighted by Crippen LogP contribution is -2.07. The van der Waals surface area contributed by atoms with E-state index in [1.807, 2.05) is 23.6 Å². The quantitative estimate of drug-likeness (QED) is 0.505. The summed E-state index contributed by atoms with van der Waals surface area (Å²) in [6.45, 7) is 0. The van der Waals surface area contributed by atoms with Crippen molar-refractivity contribution < 1.29 is 4.79 Å². The summed E-state index contributed by atoms with van der Waals surface area (Å²) in [4.78, 5) is 16.4. The van der Waals surface area contributed by atoms with Crippen molar-refractivity contribution in [2.75, 3.05) is 5.32 Å². The SMILES string of the molecule is O=C(/C=C/c1cccc(Cl)c1)Nc1nc(-c2ccc(Cl)c(Cl)c2)cs1. The van der Waals surface area contributed by atoms with E-state index in [9.17, 15) is 4.79 Å². The number of carbonyl (C=O) groups excluding carboxylic acids is 1. The standard InChI is InChI=1S/C18H11Cl3N2OS/c19-13-3-1-2-11(8-13)4-7-17(24)23-18-22-16(10-25-18)12-5-6-14(20)15(21)9-12/h1-10H,(H,22,23,24)/b7-4+. The fourth-order valence-corrected chi connectivity index (χ4v) is 3.27. The zero-order chi connectivity index (χ0) is 17.8. The first-order chi connectivity index (χ1) is 12.0. The van der Waals surface area contributed by atoms with Crippen LogP contribution >= 0.6 is 46.1 Å². The van der Waals surface area contributed by atoms with Crippen LogP contribution < -0.4 is 5.32 Å². The molecule has 0 unspecified atom stereocenters. The molecule has 126 valence electrons. The molecule has 0 fully saturated rings. The van der Waals surface area contributed by atoms with Crippen molar-refractivity contribution in [3.05, 3.63) is 74.6 Å². The maximum absolute atomic E-state index is 12.0. The molecule has 0 aliphatic carbocycles. The number of rotatable bonds is 4. The largest absolute Gasteiger partial charge is 0.298 e. The van der Waals surface area contributed by atoms with Gasteiger partial charge in [0.1, 0.15) is 0 Å². The van der Waals surface area contributed by atoms with Gasteiger partial charge in [0.2, 0.25) is 5.91 Å². The highest BCUT2D eigenvalue weighted by atomic mass is 35.5. The van der Waals surface area contributed by atoms with Gasteiger partial charge in [0.25, 0.3) is 0 Å². The van der Waals surface area contributed by atoms with Crippen LogP contribution in [0.2, 0.25) is 15.1 Å². The van der Waals surface area contributed by atoms with E-state index in [-0.39, 0.29) is 5.91 Å². The van der Waals surface area contributed by atoms with Gasteiger partial charge in [0, 0.05) is 22.0 Å². The Labute approximate surface area is 163 Å². The highest BCUT2D eigenvalue weighted by molar-refractivity contribution is 7.14. The number of hydrogen-bond acceptors (Lipinski definition) is 3. The molecule has 0 saturated heterocycles. The number of hydrogen-bond donors (Lipinski definition) is 1. The highest BCUT2D eigenvalue weighted by Gasteiger charge is 2.08. The van der Waals surface area contributed by atoms with E-state index in [0.29, 0.717) is 20.2 Å². The van der Waals surface area contributed by atoms with Gasteiger partial charge in [0.15, 0.2) is 5.13 Å². The summed E-state index contributed by atoms with van der Waals surface area (Å²) in [6, 6.07) is 12.5. The summed E-state index contributed by atoms with van der Waals surface area (Å²) in [5, 5.41) is 6.64. The van der Waals surface area contributed by atoms with Crippen LogP contribution in [0.5, 0.6) is 0 Å². The third-order valence-corrected chi connectivity index (χ3v) is 4.96. The number of halogens is 3. The van der Waals surface area contributed by atoms with Gasteiger partial charge in [-0.2, -0.15) is 0 Å². The third-order valence-electron chi connectivity index (χ3n) is 3.23. The Bertz CT molecular complexity index is 953. The van der Waals surface area contributed by atoms with Gasteiger partial charge < -0.3 is 0 Å². The number of aromatic nitrogens is 1. The molecule has 2 aromatic carbocycles. The van der Waals surface area contributed by atoms with E-state index in [1.165, 1.54) is 17.4 Å². The minimum atomic E-state index is -0.269. The molecule has 3 nitrogen and oxygen atoms in total. The lowest BCUT2D eigenvalue weighted by molar-refractivity contribution is -0.111. The number of carbonyl (C=O) groups is 1. The molecule has 3 aromatic rings. The van der Waals surface area contributed by atoms with Crippen LogP contribution in [0.25, 0.3) is 17.3 Å². The van der Waals surface area contributed by atoms with Crippen molar-refractivity contribution in [3.8, 4) is 11.3 Å². The number of nitrogens with one attached hydrogen (secondary N) is 1. The van der Waals surface area contributed by atoms with E-state index in [4.69, 9.17) is 34.8 Å². The molecular weight excluding hydrogens is 399 g/mol. The Kier molecular flexibility index (Phi) is 5.76. The fourth-order valence-electron chi connectivity index (χ4n) is 2.05. The average Bonchev–Trinajstić information content (AvgIpc) is 3.04. The zero-order valence-corrected chi connectivity index (χ0v) is 15.8. The molecule has 1 amide bonds. The van der Waals surface area contributed by atoms with E-state index in [2.05, 4.69) is 10.3 Å². The Hall–Kier alpha value is -1.85. The summed E-state index contributed by atoms with van der Waals surface area (Å²) < 4.78 is 0. The van der Waals surface area contributed by atoms with Gasteiger partial charge in [0.05, 0.1) is 15.7 Å². The number of amides is 1. The predicted octanol–water partition coefficient (Wildman–Crippen LogP) is 6.42. The molecule has 0 radical (unpaired) electrons. The van der Waals surface area contributed by atoms with Crippen molar-refractivity contribution in [2.24, 2.45) is 0 Å². The number of benzene rings is 2. The van der Waals surface area contributed by atoms with Gasteiger partial charge in [-0.15, -0.1) is 11.3 Å². The van der Waals surface area contributed by atoms with Gasteiger partial charge in [-0.1, -0.05) is 53.0 Å². The second kappa shape index (κ2) is 8.02.